The second-order valence-corrected chi connectivity index (χ2v) is 10.9. The molecule has 1 atom stereocenters. The minimum atomic E-state index is -4.25. The quantitative estimate of drug-likeness (QED) is 0.344. The van der Waals surface area contributed by atoms with E-state index in [4.69, 9.17) is 5.73 Å². The van der Waals surface area contributed by atoms with Crippen molar-refractivity contribution >= 4 is 44.2 Å². The van der Waals surface area contributed by atoms with Gasteiger partial charge in [0.2, 0.25) is 5.91 Å². The number of halogens is 3. The van der Waals surface area contributed by atoms with Crippen molar-refractivity contribution in [1.82, 2.24) is 19.4 Å². The first-order valence-electron chi connectivity index (χ1n) is 12.3. The highest BCUT2D eigenvalue weighted by atomic mass is 32.1. The number of likely N-dealkylation sites (tertiary alicyclic amines) is 1. The van der Waals surface area contributed by atoms with Gasteiger partial charge in [-0.25, -0.2) is 9.97 Å². The molecule has 1 amide bonds. The fourth-order valence-electron chi connectivity index (χ4n) is 5.16. The molecule has 1 aliphatic rings. The minimum absolute atomic E-state index is 0.190. The van der Waals surface area contributed by atoms with Crippen LogP contribution >= 0.6 is 11.3 Å². The summed E-state index contributed by atoms with van der Waals surface area (Å²) >= 11 is 1.06. The number of alkyl halides is 3. The zero-order valence-corrected chi connectivity index (χ0v) is 21.5. The van der Waals surface area contributed by atoms with Crippen LogP contribution in [0.3, 0.4) is 0 Å². The van der Waals surface area contributed by atoms with Crippen LogP contribution in [0.4, 0.5) is 19.0 Å². The summed E-state index contributed by atoms with van der Waals surface area (Å²) in [5.74, 6) is 0.244. The van der Waals surface area contributed by atoms with Crippen molar-refractivity contribution in [2.45, 2.75) is 57.9 Å². The molecule has 37 heavy (non-hydrogen) atoms. The molecule has 0 aliphatic carbocycles. The van der Waals surface area contributed by atoms with Crippen LogP contribution in [0.5, 0.6) is 0 Å². The van der Waals surface area contributed by atoms with Gasteiger partial charge in [0.1, 0.15) is 23.0 Å². The summed E-state index contributed by atoms with van der Waals surface area (Å²) in [5, 5.41) is 5.18. The van der Waals surface area contributed by atoms with Crippen molar-refractivity contribution in [3.8, 4) is 0 Å². The molecule has 3 aromatic heterocycles. The molecule has 0 saturated carbocycles. The Morgan fingerprint density at radius 2 is 1.97 bits per heavy atom. The maximum Gasteiger partial charge on any atom is 0.393 e. The van der Waals surface area contributed by atoms with E-state index in [1.54, 1.807) is 6.07 Å². The van der Waals surface area contributed by atoms with Gasteiger partial charge in [-0.1, -0.05) is 6.07 Å². The molecule has 1 saturated heterocycles. The van der Waals surface area contributed by atoms with E-state index < -0.39 is 18.6 Å². The molecule has 4 heterocycles. The van der Waals surface area contributed by atoms with Gasteiger partial charge in [-0.3, -0.25) is 9.69 Å². The molecule has 1 fully saturated rings. The molecule has 1 aromatic carbocycles. The Bertz CT molecular complexity index is 1440. The third-order valence-corrected chi connectivity index (χ3v) is 8.03. The van der Waals surface area contributed by atoms with Crippen LogP contribution in [-0.4, -0.2) is 50.6 Å². The molecule has 1 aliphatic heterocycles. The van der Waals surface area contributed by atoms with Crippen LogP contribution in [0.2, 0.25) is 0 Å². The number of hydrogen-bond acceptors (Lipinski definition) is 6. The molecular formula is C26H29F3N6OS. The van der Waals surface area contributed by atoms with Crippen molar-refractivity contribution in [2.24, 2.45) is 5.73 Å². The third kappa shape index (κ3) is 5.57. The number of thiophene rings is 1. The predicted octanol–water partition coefficient (Wildman–Crippen LogP) is 5.18. The van der Waals surface area contributed by atoms with Crippen molar-refractivity contribution in [1.29, 1.82) is 0 Å². The number of nitrogens with one attached hydrogen (secondary N) is 1. The van der Waals surface area contributed by atoms with E-state index in [0.29, 0.717) is 16.0 Å². The van der Waals surface area contributed by atoms with Gasteiger partial charge in [0.15, 0.2) is 0 Å². The minimum Gasteiger partial charge on any atom is -0.368 e. The molecule has 3 N–H and O–H groups in total. The smallest absolute Gasteiger partial charge is 0.368 e. The first-order chi connectivity index (χ1) is 17.6. The SMILES string of the molecule is Cc1cc2cc(CN3CCC(Nc4ncnc5sc(CC(F)(F)F)cc45)CC3)ccc2n1C(C)C(N)=O. The van der Waals surface area contributed by atoms with Crippen LogP contribution < -0.4 is 11.1 Å². The number of carbonyl (C=O) groups excluding carboxylic acids is 1. The molecule has 1 unspecified atom stereocenters. The van der Waals surface area contributed by atoms with Crippen molar-refractivity contribution in [3.63, 3.8) is 0 Å². The Morgan fingerprint density at radius 1 is 1.22 bits per heavy atom. The monoisotopic (exact) mass is 530 g/mol. The number of aryl methyl sites for hydroxylation is 1. The molecule has 0 spiro atoms. The van der Waals surface area contributed by atoms with Crippen molar-refractivity contribution in [2.75, 3.05) is 18.4 Å². The number of carbonyl (C=O) groups is 1. The number of primary amides is 1. The fraction of sp³-hybridized carbons (Fsp3) is 0.423. The van der Waals surface area contributed by atoms with E-state index in [9.17, 15) is 18.0 Å². The average molecular weight is 531 g/mol. The molecule has 7 nitrogen and oxygen atoms in total. The zero-order chi connectivity index (χ0) is 26.3. The van der Waals surface area contributed by atoms with Crippen molar-refractivity contribution in [3.05, 3.63) is 52.8 Å². The number of nitrogens with zero attached hydrogens (tertiary/aromatic N) is 4. The van der Waals surface area contributed by atoms with E-state index in [-0.39, 0.29) is 16.8 Å². The predicted molar refractivity (Wildman–Crippen MR) is 140 cm³/mol. The normalized spacial score (nSPS) is 16.5. The standard InChI is InChI=1S/C26H29F3N6OS/c1-15-9-18-10-17(3-4-22(18)35(15)16(2)23(30)36)13-34-7-5-19(6-8-34)33-24-21-11-20(12-26(27,28)29)37-25(21)32-14-31-24/h3-4,9-11,14,16,19H,5-8,12-13H2,1-2H3,(H2,30,36)(H,31,32,33). The van der Waals surface area contributed by atoms with E-state index in [1.165, 1.54) is 11.9 Å². The number of fused-ring (bicyclic) bond motifs is 2. The second kappa shape index (κ2) is 9.94. The van der Waals surface area contributed by atoms with Crippen molar-refractivity contribution < 1.29 is 18.0 Å². The van der Waals surface area contributed by atoms with E-state index in [0.717, 1.165) is 60.4 Å². The largest absolute Gasteiger partial charge is 0.393 e. The van der Waals surface area contributed by atoms with E-state index >= 15 is 0 Å². The molecule has 11 heteroatoms. The zero-order valence-electron chi connectivity index (χ0n) is 20.7. The van der Waals surface area contributed by atoms with Gasteiger partial charge in [-0.2, -0.15) is 13.2 Å². The number of hydrogen-bond donors (Lipinski definition) is 2. The number of piperidine rings is 1. The molecule has 4 aromatic rings. The van der Waals surface area contributed by atoms with Gasteiger partial charge in [0, 0.05) is 47.2 Å². The Morgan fingerprint density at radius 3 is 2.68 bits per heavy atom. The Balaban J connectivity index is 1.22. The molecule has 196 valence electrons. The molecule has 0 radical (unpaired) electrons. The highest BCUT2D eigenvalue weighted by Crippen LogP contribution is 2.33. The van der Waals surface area contributed by atoms with Crippen LogP contribution in [0.25, 0.3) is 21.1 Å². The summed E-state index contributed by atoms with van der Waals surface area (Å²) < 4.78 is 40.4. The van der Waals surface area contributed by atoms with Gasteiger partial charge in [0.05, 0.1) is 11.8 Å². The molecule has 5 rings (SSSR count). The fourth-order valence-corrected chi connectivity index (χ4v) is 6.18. The Hall–Kier alpha value is -3.18. The van der Waals surface area contributed by atoms with E-state index in [2.05, 4.69) is 44.5 Å². The lowest BCUT2D eigenvalue weighted by atomic mass is 10.0. The van der Waals surface area contributed by atoms with Crippen LogP contribution in [0.1, 0.15) is 41.9 Å². The topological polar surface area (TPSA) is 89.1 Å². The highest BCUT2D eigenvalue weighted by molar-refractivity contribution is 7.18. The summed E-state index contributed by atoms with van der Waals surface area (Å²) in [6, 6.07) is 9.75. The Labute approximate surface area is 216 Å². The van der Waals surface area contributed by atoms with Gasteiger partial charge in [-0.05, 0) is 56.5 Å². The number of aromatic nitrogens is 3. The lowest BCUT2D eigenvalue weighted by molar-refractivity contribution is -0.126. The average Bonchev–Trinajstić information content (AvgIpc) is 3.38. The number of rotatable bonds is 7. The summed E-state index contributed by atoms with van der Waals surface area (Å²) in [6.45, 7) is 6.40. The number of benzene rings is 1. The van der Waals surface area contributed by atoms with Crippen LogP contribution in [0, 0.1) is 6.92 Å². The second-order valence-electron chi connectivity index (χ2n) is 9.77. The van der Waals surface area contributed by atoms with Gasteiger partial charge >= 0.3 is 6.18 Å². The maximum atomic E-state index is 12.8. The molecular weight excluding hydrogens is 501 g/mol. The number of nitrogens with two attached hydrogens (primary N) is 1. The van der Waals surface area contributed by atoms with Crippen LogP contribution in [-0.2, 0) is 17.8 Å². The summed E-state index contributed by atoms with van der Waals surface area (Å²) in [7, 11) is 0. The van der Waals surface area contributed by atoms with Crippen LogP contribution in [0.15, 0.2) is 36.7 Å². The molecule has 0 bridgehead atoms. The lowest BCUT2D eigenvalue weighted by Gasteiger charge is -2.32. The third-order valence-electron chi connectivity index (χ3n) is 6.98. The first-order valence-corrected chi connectivity index (χ1v) is 13.1. The Kier molecular flexibility index (Phi) is 6.84. The van der Waals surface area contributed by atoms with Gasteiger partial charge in [-0.15, -0.1) is 11.3 Å². The maximum absolute atomic E-state index is 12.8. The lowest BCUT2D eigenvalue weighted by Crippen LogP contribution is -2.38. The number of anilines is 1. The highest BCUT2D eigenvalue weighted by Gasteiger charge is 2.29. The number of amides is 1. The van der Waals surface area contributed by atoms with E-state index in [1.807, 2.05) is 18.4 Å². The van der Waals surface area contributed by atoms with Gasteiger partial charge < -0.3 is 15.6 Å². The van der Waals surface area contributed by atoms with Gasteiger partial charge in [0.25, 0.3) is 0 Å². The summed E-state index contributed by atoms with van der Waals surface area (Å²) in [5.41, 5.74) is 8.74. The summed E-state index contributed by atoms with van der Waals surface area (Å²) in [6.07, 6.45) is -1.99. The first kappa shape index (κ1) is 25.5. The summed E-state index contributed by atoms with van der Waals surface area (Å²) in [4.78, 5) is 23.4.